The summed E-state index contributed by atoms with van der Waals surface area (Å²) in [5, 5.41) is 0. The van der Waals surface area contributed by atoms with Crippen LogP contribution in [0.15, 0.2) is 30.3 Å². The summed E-state index contributed by atoms with van der Waals surface area (Å²) in [5.41, 5.74) is 1.93. The van der Waals surface area contributed by atoms with Crippen LogP contribution in [0.3, 0.4) is 0 Å². The SMILES string of the molecule is CCCCCCCCCCCCCC(C)(C)Cc1ccccc1. The second-order valence-electron chi connectivity index (χ2n) is 8.11. The molecule has 0 aliphatic carbocycles. The Labute approximate surface area is 146 Å². The zero-order valence-electron chi connectivity index (χ0n) is 16.1. The van der Waals surface area contributed by atoms with Crippen molar-refractivity contribution in [3.05, 3.63) is 35.9 Å². The lowest BCUT2D eigenvalue weighted by molar-refractivity contribution is 0.316. The number of benzene rings is 1. The van der Waals surface area contributed by atoms with Crippen LogP contribution in [0.5, 0.6) is 0 Å². The highest BCUT2D eigenvalue weighted by Crippen LogP contribution is 2.28. The van der Waals surface area contributed by atoms with E-state index in [1.807, 2.05) is 0 Å². The smallest absolute Gasteiger partial charge is 0.0227 e. The van der Waals surface area contributed by atoms with Crippen molar-refractivity contribution in [1.82, 2.24) is 0 Å². The van der Waals surface area contributed by atoms with Crippen LogP contribution in [-0.2, 0) is 6.42 Å². The molecule has 1 rings (SSSR count). The molecule has 0 nitrogen and oxygen atoms in total. The van der Waals surface area contributed by atoms with Gasteiger partial charge in [0.15, 0.2) is 0 Å². The van der Waals surface area contributed by atoms with Gasteiger partial charge < -0.3 is 0 Å². The predicted molar refractivity (Wildman–Crippen MR) is 105 cm³/mol. The van der Waals surface area contributed by atoms with Gasteiger partial charge in [-0.2, -0.15) is 0 Å². The lowest BCUT2D eigenvalue weighted by atomic mass is 9.81. The highest BCUT2D eigenvalue weighted by atomic mass is 14.2. The predicted octanol–water partition coefficient (Wildman–Crippen LogP) is 7.96. The van der Waals surface area contributed by atoms with E-state index in [0.29, 0.717) is 5.41 Å². The first-order valence-corrected chi connectivity index (χ1v) is 10.2. The Morgan fingerprint density at radius 1 is 0.652 bits per heavy atom. The maximum atomic E-state index is 2.43. The highest BCUT2D eigenvalue weighted by Gasteiger charge is 2.17. The van der Waals surface area contributed by atoms with Gasteiger partial charge in [-0.05, 0) is 23.8 Å². The van der Waals surface area contributed by atoms with E-state index in [2.05, 4.69) is 51.1 Å². The van der Waals surface area contributed by atoms with Gasteiger partial charge in [0.05, 0.1) is 0 Å². The lowest BCUT2D eigenvalue weighted by Crippen LogP contribution is -2.14. The third-order valence-electron chi connectivity index (χ3n) is 4.98. The van der Waals surface area contributed by atoms with Crippen LogP contribution in [0, 0.1) is 5.41 Å². The van der Waals surface area contributed by atoms with E-state index in [0.717, 1.165) is 0 Å². The molecule has 0 aromatic heterocycles. The van der Waals surface area contributed by atoms with E-state index in [4.69, 9.17) is 0 Å². The molecule has 132 valence electrons. The second kappa shape index (κ2) is 12.6. The van der Waals surface area contributed by atoms with Gasteiger partial charge in [0.25, 0.3) is 0 Å². The second-order valence-corrected chi connectivity index (χ2v) is 8.11. The van der Waals surface area contributed by atoms with Crippen molar-refractivity contribution in [2.75, 3.05) is 0 Å². The number of hydrogen-bond donors (Lipinski definition) is 0. The van der Waals surface area contributed by atoms with Crippen LogP contribution in [0.1, 0.15) is 103 Å². The van der Waals surface area contributed by atoms with Gasteiger partial charge in [-0.25, -0.2) is 0 Å². The third-order valence-corrected chi connectivity index (χ3v) is 4.98. The van der Waals surface area contributed by atoms with Crippen molar-refractivity contribution < 1.29 is 0 Å². The van der Waals surface area contributed by atoms with Gasteiger partial charge in [-0.1, -0.05) is 122 Å². The molecule has 0 radical (unpaired) electrons. The zero-order chi connectivity index (χ0) is 16.8. The molecule has 0 heteroatoms. The fourth-order valence-electron chi connectivity index (χ4n) is 3.50. The molecule has 1 aromatic carbocycles. The maximum absolute atomic E-state index is 2.43. The minimum Gasteiger partial charge on any atom is -0.0654 e. The normalized spacial score (nSPS) is 11.8. The topological polar surface area (TPSA) is 0 Å². The van der Waals surface area contributed by atoms with E-state index >= 15 is 0 Å². The average Bonchev–Trinajstić information content (AvgIpc) is 2.53. The highest BCUT2D eigenvalue weighted by molar-refractivity contribution is 5.16. The van der Waals surface area contributed by atoms with Crippen LogP contribution in [0.4, 0.5) is 0 Å². The average molecular weight is 317 g/mol. The Hall–Kier alpha value is -0.780. The molecule has 0 atom stereocenters. The van der Waals surface area contributed by atoms with E-state index < -0.39 is 0 Å². The number of unbranched alkanes of at least 4 members (excludes halogenated alkanes) is 10. The Morgan fingerprint density at radius 3 is 1.65 bits per heavy atom. The summed E-state index contributed by atoms with van der Waals surface area (Å²) < 4.78 is 0. The van der Waals surface area contributed by atoms with E-state index in [9.17, 15) is 0 Å². The van der Waals surface area contributed by atoms with Crippen molar-refractivity contribution in [2.24, 2.45) is 5.41 Å². The summed E-state index contributed by atoms with van der Waals surface area (Å²) >= 11 is 0. The Balaban J connectivity index is 1.95. The summed E-state index contributed by atoms with van der Waals surface area (Å²) in [6, 6.07) is 11.0. The van der Waals surface area contributed by atoms with Crippen LogP contribution < -0.4 is 0 Å². The fraction of sp³-hybridized carbons (Fsp3) is 0.739. The summed E-state index contributed by atoms with van der Waals surface area (Å²) in [5.74, 6) is 0. The summed E-state index contributed by atoms with van der Waals surface area (Å²) in [6.45, 7) is 7.15. The third kappa shape index (κ3) is 11.4. The van der Waals surface area contributed by atoms with Gasteiger partial charge in [0.2, 0.25) is 0 Å². The van der Waals surface area contributed by atoms with Gasteiger partial charge in [-0.15, -0.1) is 0 Å². The van der Waals surface area contributed by atoms with Crippen molar-refractivity contribution >= 4 is 0 Å². The molecule has 0 unspecified atom stereocenters. The van der Waals surface area contributed by atoms with Crippen molar-refractivity contribution in [2.45, 2.75) is 104 Å². The quantitative estimate of drug-likeness (QED) is 0.305. The summed E-state index contributed by atoms with van der Waals surface area (Å²) in [4.78, 5) is 0. The molecular weight excluding hydrogens is 276 g/mol. The summed E-state index contributed by atoms with van der Waals surface area (Å²) in [7, 11) is 0. The van der Waals surface area contributed by atoms with Crippen LogP contribution in [-0.4, -0.2) is 0 Å². The maximum Gasteiger partial charge on any atom is -0.0227 e. The van der Waals surface area contributed by atoms with Crippen molar-refractivity contribution in [3.8, 4) is 0 Å². The molecule has 0 aliphatic rings. The standard InChI is InChI=1S/C23H40/c1-4-5-6-7-8-9-10-11-12-13-17-20-23(2,3)21-22-18-15-14-16-19-22/h14-16,18-19H,4-13,17,20-21H2,1-3H3. The molecule has 0 aliphatic heterocycles. The number of rotatable bonds is 14. The largest absolute Gasteiger partial charge is 0.0654 e. The Bertz CT molecular complexity index is 363. The van der Waals surface area contributed by atoms with Gasteiger partial charge in [0, 0.05) is 0 Å². The zero-order valence-corrected chi connectivity index (χ0v) is 16.1. The lowest BCUT2D eigenvalue weighted by Gasteiger charge is -2.24. The van der Waals surface area contributed by atoms with E-state index in [1.54, 1.807) is 0 Å². The molecule has 0 amide bonds. The monoisotopic (exact) mass is 316 g/mol. The first-order valence-electron chi connectivity index (χ1n) is 10.2. The van der Waals surface area contributed by atoms with Crippen molar-refractivity contribution in [1.29, 1.82) is 0 Å². The molecule has 0 bridgehead atoms. The minimum atomic E-state index is 0.445. The van der Waals surface area contributed by atoms with Crippen molar-refractivity contribution in [3.63, 3.8) is 0 Å². The molecule has 0 spiro atoms. The number of hydrogen-bond acceptors (Lipinski definition) is 0. The van der Waals surface area contributed by atoms with Gasteiger partial charge >= 0.3 is 0 Å². The van der Waals surface area contributed by atoms with Crippen LogP contribution in [0.25, 0.3) is 0 Å². The molecule has 23 heavy (non-hydrogen) atoms. The molecule has 0 saturated heterocycles. The van der Waals surface area contributed by atoms with Crippen LogP contribution >= 0.6 is 0 Å². The Kier molecular flexibility index (Phi) is 11.1. The first-order chi connectivity index (χ1) is 11.1. The fourth-order valence-corrected chi connectivity index (χ4v) is 3.50. The van der Waals surface area contributed by atoms with E-state index in [1.165, 1.54) is 89.0 Å². The molecule has 0 heterocycles. The first kappa shape index (κ1) is 20.3. The Morgan fingerprint density at radius 2 is 1.13 bits per heavy atom. The van der Waals surface area contributed by atoms with Gasteiger partial charge in [0.1, 0.15) is 0 Å². The molecule has 0 N–H and O–H groups in total. The van der Waals surface area contributed by atoms with Gasteiger partial charge in [-0.3, -0.25) is 0 Å². The minimum absolute atomic E-state index is 0.445. The molecule has 0 fully saturated rings. The summed E-state index contributed by atoms with van der Waals surface area (Å²) in [6.07, 6.45) is 18.4. The molecule has 0 saturated carbocycles. The molecule has 1 aromatic rings. The van der Waals surface area contributed by atoms with E-state index in [-0.39, 0.29) is 0 Å². The van der Waals surface area contributed by atoms with Crippen LogP contribution in [0.2, 0.25) is 0 Å². The molecular formula is C23H40.